The number of nitrogens with one attached hydrogen (secondary N) is 1. The highest BCUT2D eigenvalue weighted by Gasteiger charge is 2.20. The van der Waals surface area contributed by atoms with E-state index in [9.17, 15) is 0 Å². The van der Waals surface area contributed by atoms with Crippen molar-refractivity contribution >= 4 is 5.69 Å². The van der Waals surface area contributed by atoms with Gasteiger partial charge >= 0.3 is 0 Å². The molecule has 1 fully saturated rings. The van der Waals surface area contributed by atoms with Crippen LogP contribution in [0.5, 0.6) is 0 Å². The first-order valence-electron chi connectivity index (χ1n) is 8.89. The van der Waals surface area contributed by atoms with Gasteiger partial charge < -0.3 is 10.2 Å². The quantitative estimate of drug-likeness (QED) is 0.843. The van der Waals surface area contributed by atoms with Crippen molar-refractivity contribution in [1.82, 2.24) is 4.90 Å². The van der Waals surface area contributed by atoms with Crippen LogP contribution in [0.15, 0.2) is 54.6 Å². The zero-order chi connectivity index (χ0) is 15.9. The van der Waals surface area contributed by atoms with Gasteiger partial charge in [0.15, 0.2) is 0 Å². The molecular formula is C21H28N2. The summed E-state index contributed by atoms with van der Waals surface area (Å²) in [6, 6.07) is 19.8. The SMILES string of the molecule is CNc1cccc(C2CCN(CCCc3ccccc3)CC2)c1. The van der Waals surface area contributed by atoms with Gasteiger partial charge in [-0.3, -0.25) is 0 Å². The Morgan fingerprint density at radius 2 is 1.78 bits per heavy atom. The number of hydrogen-bond acceptors (Lipinski definition) is 2. The molecule has 0 aromatic heterocycles. The standard InChI is InChI=1S/C21H28N2/c1-22-21-11-5-10-20(17-21)19-12-15-23(16-13-19)14-6-9-18-7-3-2-4-8-18/h2-5,7-8,10-11,17,19,22H,6,9,12-16H2,1H3. The summed E-state index contributed by atoms with van der Waals surface area (Å²) in [5, 5.41) is 3.25. The highest BCUT2D eigenvalue weighted by molar-refractivity contribution is 5.46. The molecule has 0 bridgehead atoms. The van der Waals surface area contributed by atoms with Crippen LogP contribution in [0.25, 0.3) is 0 Å². The maximum Gasteiger partial charge on any atom is 0.0340 e. The number of rotatable bonds is 6. The van der Waals surface area contributed by atoms with Crippen molar-refractivity contribution < 1.29 is 0 Å². The number of hydrogen-bond donors (Lipinski definition) is 1. The van der Waals surface area contributed by atoms with Gasteiger partial charge in [-0.15, -0.1) is 0 Å². The number of piperidine rings is 1. The van der Waals surface area contributed by atoms with Gasteiger partial charge in [0.2, 0.25) is 0 Å². The van der Waals surface area contributed by atoms with E-state index in [2.05, 4.69) is 64.8 Å². The normalized spacial score (nSPS) is 16.4. The second-order valence-electron chi connectivity index (χ2n) is 6.58. The Morgan fingerprint density at radius 3 is 2.52 bits per heavy atom. The Hall–Kier alpha value is -1.80. The number of nitrogens with zero attached hydrogens (tertiary/aromatic N) is 1. The van der Waals surface area contributed by atoms with Crippen LogP contribution in [-0.4, -0.2) is 31.6 Å². The van der Waals surface area contributed by atoms with Gasteiger partial charge in [-0.1, -0.05) is 42.5 Å². The molecule has 0 saturated carbocycles. The average molecular weight is 308 g/mol. The van der Waals surface area contributed by atoms with E-state index >= 15 is 0 Å². The summed E-state index contributed by atoms with van der Waals surface area (Å²) in [4.78, 5) is 2.64. The van der Waals surface area contributed by atoms with Crippen molar-refractivity contribution in [2.75, 3.05) is 32.0 Å². The van der Waals surface area contributed by atoms with Crippen molar-refractivity contribution in [2.45, 2.75) is 31.6 Å². The van der Waals surface area contributed by atoms with Gasteiger partial charge in [-0.25, -0.2) is 0 Å². The molecular weight excluding hydrogens is 280 g/mol. The molecule has 0 aliphatic carbocycles. The minimum atomic E-state index is 0.730. The molecule has 1 saturated heterocycles. The molecule has 23 heavy (non-hydrogen) atoms. The fourth-order valence-electron chi connectivity index (χ4n) is 3.59. The van der Waals surface area contributed by atoms with Gasteiger partial charge in [-0.05, 0) is 74.5 Å². The molecule has 0 amide bonds. The zero-order valence-corrected chi connectivity index (χ0v) is 14.2. The first-order valence-corrected chi connectivity index (χ1v) is 8.89. The van der Waals surface area contributed by atoms with Crippen LogP contribution in [0.2, 0.25) is 0 Å². The largest absolute Gasteiger partial charge is 0.388 e. The van der Waals surface area contributed by atoms with Crippen LogP contribution in [0.3, 0.4) is 0 Å². The zero-order valence-electron chi connectivity index (χ0n) is 14.2. The molecule has 2 nitrogen and oxygen atoms in total. The fourth-order valence-corrected chi connectivity index (χ4v) is 3.59. The van der Waals surface area contributed by atoms with E-state index in [1.54, 1.807) is 0 Å². The molecule has 1 N–H and O–H groups in total. The topological polar surface area (TPSA) is 15.3 Å². The first-order chi connectivity index (χ1) is 11.3. The van der Waals surface area contributed by atoms with E-state index in [1.807, 2.05) is 7.05 Å². The summed E-state index contributed by atoms with van der Waals surface area (Å²) in [5.74, 6) is 0.730. The van der Waals surface area contributed by atoms with E-state index in [1.165, 1.54) is 62.1 Å². The Balaban J connectivity index is 1.43. The fraction of sp³-hybridized carbons (Fsp3) is 0.429. The van der Waals surface area contributed by atoms with E-state index in [0.717, 1.165) is 5.92 Å². The summed E-state index contributed by atoms with van der Waals surface area (Å²) in [6.45, 7) is 3.71. The maximum atomic E-state index is 3.25. The van der Waals surface area contributed by atoms with Crippen LogP contribution >= 0.6 is 0 Å². The van der Waals surface area contributed by atoms with Gasteiger partial charge in [0.25, 0.3) is 0 Å². The minimum absolute atomic E-state index is 0.730. The van der Waals surface area contributed by atoms with E-state index in [4.69, 9.17) is 0 Å². The van der Waals surface area contributed by atoms with Crippen LogP contribution in [0.1, 0.15) is 36.3 Å². The second-order valence-corrected chi connectivity index (χ2v) is 6.58. The average Bonchev–Trinajstić information content (AvgIpc) is 2.63. The Kier molecular flexibility index (Phi) is 5.71. The molecule has 2 aromatic rings. The summed E-state index contributed by atoms with van der Waals surface area (Å²) in [5.41, 5.74) is 4.19. The number of likely N-dealkylation sites (tertiary alicyclic amines) is 1. The molecule has 0 spiro atoms. The van der Waals surface area contributed by atoms with Crippen LogP contribution in [0, 0.1) is 0 Å². The van der Waals surface area contributed by atoms with Crippen LogP contribution < -0.4 is 5.32 Å². The summed E-state index contributed by atoms with van der Waals surface area (Å²) < 4.78 is 0. The van der Waals surface area contributed by atoms with Crippen molar-refractivity contribution in [3.8, 4) is 0 Å². The van der Waals surface area contributed by atoms with Gasteiger partial charge in [-0.2, -0.15) is 0 Å². The van der Waals surface area contributed by atoms with Gasteiger partial charge in [0.1, 0.15) is 0 Å². The minimum Gasteiger partial charge on any atom is -0.388 e. The van der Waals surface area contributed by atoms with Gasteiger partial charge in [0.05, 0.1) is 0 Å². The van der Waals surface area contributed by atoms with Gasteiger partial charge in [0, 0.05) is 12.7 Å². The lowest BCUT2D eigenvalue weighted by Crippen LogP contribution is -2.33. The molecule has 3 rings (SSSR count). The number of benzene rings is 2. The third kappa shape index (κ3) is 4.59. The van der Waals surface area contributed by atoms with Crippen LogP contribution in [-0.2, 0) is 6.42 Å². The smallest absolute Gasteiger partial charge is 0.0340 e. The number of aryl methyl sites for hydroxylation is 1. The molecule has 0 radical (unpaired) electrons. The predicted molar refractivity (Wildman–Crippen MR) is 99.2 cm³/mol. The molecule has 1 aliphatic heterocycles. The van der Waals surface area contributed by atoms with Crippen molar-refractivity contribution in [3.63, 3.8) is 0 Å². The lowest BCUT2D eigenvalue weighted by molar-refractivity contribution is 0.210. The Morgan fingerprint density at radius 1 is 1.00 bits per heavy atom. The molecule has 0 atom stereocenters. The van der Waals surface area contributed by atoms with E-state index < -0.39 is 0 Å². The molecule has 0 unspecified atom stereocenters. The Bertz CT molecular complexity index is 586. The third-order valence-electron chi connectivity index (χ3n) is 5.02. The Labute approximate surface area is 140 Å². The summed E-state index contributed by atoms with van der Waals surface area (Å²) >= 11 is 0. The maximum absolute atomic E-state index is 3.25. The van der Waals surface area contributed by atoms with E-state index in [0.29, 0.717) is 0 Å². The monoisotopic (exact) mass is 308 g/mol. The molecule has 122 valence electrons. The predicted octanol–water partition coefficient (Wildman–Crippen LogP) is 4.54. The molecule has 2 aromatic carbocycles. The highest BCUT2D eigenvalue weighted by Crippen LogP contribution is 2.29. The van der Waals surface area contributed by atoms with Crippen molar-refractivity contribution in [3.05, 3.63) is 65.7 Å². The molecule has 2 heteroatoms. The molecule has 1 heterocycles. The van der Waals surface area contributed by atoms with E-state index in [-0.39, 0.29) is 0 Å². The number of anilines is 1. The van der Waals surface area contributed by atoms with Crippen molar-refractivity contribution in [2.24, 2.45) is 0 Å². The molecule has 1 aliphatic rings. The van der Waals surface area contributed by atoms with Crippen LogP contribution in [0.4, 0.5) is 5.69 Å². The third-order valence-corrected chi connectivity index (χ3v) is 5.02. The lowest BCUT2D eigenvalue weighted by atomic mass is 9.89. The highest BCUT2D eigenvalue weighted by atomic mass is 15.1. The summed E-state index contributed by atoms with van der Waals surface area (Å²) in [6.07, 6.45) is 5.05. The van der Waals surface area contributed by atoms with Crippen molar-refractivity contribution in [1.29, 1.82) is 0 Å². The first kappa shape index (κ1) is 16.1. The summed E-state index contributed by atoms with van der Waals surface area (Å²) in [7, 11) is 1.99. The lowest BCUT2D eigenvalue weighted by Gasteiger charge is -2.32. The second kappa shape index (κ2) is 8.16.